The highest BCUT2D eigenvalue weighted by Gasteiger charge is 2.15. The third-order valence-electron chi connectivity index (χ3n) is 4.70. The topological polar surface area (TPSA) is 80.2 Å². The first-order valence-corrected chi connectivity index (χ1v) is 11.8. The van der Waals surface area contributed by atoms with Crippen molar-refractivity contribution < 1.29 is 9.53 Å². The van der Waals surface area contributed by atoms with E-state index in [2.05, 4.69) is 37.3 Å². The summed E-state index contributed by atoms with van der Waals surface area (Å²) >= 11 is 2.93. The van der Waals surface area contributed by atoms with Gasteiger partial charge in [-0.1, -0.05) is 65.6 Å². The van der Waals surface area contributed by atoms with Crippen LogP contribution in [0.5, 0.6) is 5.75 Å². The standard InChI is InChI=1S/C23H23N5O2S2/c1-28(13-16-7-4-3-5-8-16)23-27-21-20(32-23)22(26-15-25-21)31-14-19(29)24-12-17-9-6-10-18(11-17)30-2/h3-11,15H,12-14H2,1-2H3,(H,24,29). The number of aromatic nitrogens is 3. The number of nitrogens with one attached hydrogen (secondary N) is 1. The van der Waals surface area contributed by atoms with Crippen LogP contribution in [-0.4, -0.2) is 40.8 Å². The lowest BCUT2D eigenvalue weighted by molar-refractivity contribution is -0.118. The maximum absolute atomic E-state index is 12.4. The smallest absolute Gasteiger partial charge is 0.230 e. The van der Waals surface area contributed by atoms with E-state index in [1.807, 2.05) is 49.5 Å². The van der Waals surface area contributed by atoms with Crippen molar-refractivity contribution in [2.75, 3.05) is 24.8 Å². The van der Waals surface area contributed by atoms with Crippen LogP contribution < -0.4 is 15.0 Å². The monoisotopic (exact) mass is 465 g/mol. The molecule has 32 heavy (non-hydrogen) atoms. The number of hydrogen-bond donors (Lipinski definition) is 1. The van der Waals surface area contributed by atoms with Crippen molar-refractivity contribution in [2.24, 2.45) is 0 Å². The van der Waals surface area contributed by atoms with Gasteiger partial charge in [0.2, 0.25) is 5.91 Å². The van der Waals surface area contributed by atoms with Crippen molar-refractivity contribution in [2.45, 2.75) is 18.1 Å². The highest BCUT2D eigenvalue weighted by molar-refractivity contribution is 8.00. The number of carbonyl (C=O) groups is 1. The maximum Gasteiger partial charge on any atom is 0.230 e. The Labute approximate surface area is 194 Å². The second-order valence-corrected chi connectivity index (χ2v) is 9.03. The van der Waals surface area contributed by atoms with E-state index in [0.29, 0.717) is 12.2 Å². The summed E-state index contributed by atoms with van der Waals surface area (Å²) in [6.45, 7) is 1.20. The van der Waals surface area contributed by atoms with Crippen LogP contribution in [0.1, 0.15) is 11.1 Å². The van der Waals surface area contributed by atoms with Gasteiger partial charge in [0.1, 0.15) is 21.8 Å². The molecule has 0 bridgehead atoms. The maximum atomic E-state index is 12.4. The number of thioether (sulfide) groups is 1. The summed E-state index contributed by atoms with van der Waals surface area (Å²) in [6, 6.07) is 17.9. The van der Waals surface area contributed by atoms with Gasteiger partial charge in [-0.05, 0) is 23.3 Å². The van der Waals surface area contributed by atoms with Crippen molar-refractivity contribution >= 4 is 44.5 Å². The molecule has 1 amide bonds. The van der Waals surface area contributed by atoms with Crippen molar-refractivity contribution in [1.82, 2.24) is 20.3 Å². The molecule has 0 aliphatic heterocycles. The number of methoxy groups -OCH3 is 1. The first-order chi connectivity index (χ1) is 15.6. The number of rotatable bonds is 9. The van der Waals surface area contributed by atoms with Crippen LogP contribution in [0.3, 0.4) is 0 Å². The molecule has 164 valence electrons. The number of ether oxygens (including phenoxy) is 1. The predicted octanol–water partition coefficient (Wildman–Crippen LogP) is 4.14. The van der Waals surface area contributed by atoms with Crippen LogP contribution in [0.15, 0.2) is 66.0 Å². The van der Waals surface area contributed by atoms with E-state index in [-0.39, 0.29) is 11.7 Å². The highest BCUT2D eigenvalue weighted by atomic mass is 32.2. The Bertz CT molecular complexity index is 1200. The number of thiazole rings is 1. The summed E-state index contributed by atoms with van der Waals surface area (Å²) in [5.74, 6) is 0.978. The molecule has 0 aliphatic carbocycles. The zero-order valence-electron chi connectivity index (χ0n) is 17.8. The first kappa shape index (κ1) is 22.0. The van der Waals surface area contributed by atoms with Crippen LogP contribution in [0.2, 0.25) is 0 Å². The summed E-state index contributed by atoms with van der Waals surface area (Å²) in [5.41, 5.74) is 2.85. The highest BCUT2D eigenvalue weighted by Crippen LogP contribution is 2.33. The average molecular weight is 466 g/mol. The molecule has 2 aromatic carbocycles. The Hall–Kier alpha value is -3.17. The summed E-state index contributed by atoms with van der Waals surface area (Å²) in [5, 5.41) is 4.58. The number of carbonyl (C=O) groups excluding carboxylic acids is 1. The number of nitrogens with zero attached hydrogens (tertiary/aromatic N) is 4. The third-order valence-corrected chi connectivity index (χ3v) is 6.98. The van der Waals surface area contributed by atoms with E-state index in [9.17, 15) is 4.79 Å². The fourth-order valence-corrected chi connectivity index (χ4v) is 4.96. The largest absolute Gasteiger partial charge is 0.497 e. The molecule has 2 heterocycles. The molecular formula is C23H23N5O2S2. The van der Waals surface area contributed by atoms with Gasteiger partial charge in [-0.15, -0.1) is 0 Å². The van der Waals surface area contributed by atoms with Crippen molar-refractivity contribution in [3.8, 4) is 5.75 Å². The number of fused-ring (bicyclic) bond motifs is 1. The van der Waals surface area contributed by atoms with E-state index < -0.39 is 0 Å². The van der Waals surface area contributed by atoms with E-state index in [4.69, 9.17) is 4.74 Å². The molecule has 0 radical (unpaired) electrons. The molecule has 4 aromatic rings. The molecule has 0 saturated heterocycles. The number of hydrogen-bond acceptors (Lipinski definition) is 8. The molecule has 0 atom stereocenters. The molecule has 0 fully saturated rings. The van der Waals surface area contributed by atoms with E-state index in [1.165, 1.54) is 23.7 Å². The summed E-state index contributed by atoms with van der Waals surface area (Å²) in [7, 11) is 3.64. The second kappa shape index (κ2) is 10.4. The van der Waals surface area contributed by atoms with Crippen molar-refractivity contribution in [3.05, 3.63) is 72.1 Å². The van der Waals surface area contributed by atoms with E-state index >= 15 is 0 Å². The van der Waals surface area contributed by atoms with Crippen LogP contribution >= 0.6 is 23.1 Å². The Balaban J connectivity index is 1.38. The molecule has 4 rings (SSSR count). The summed E-state index contributed by atoms with van der Waals surface area (Å²) in [6.07, 6.45) is 1.50. The average Bonchev–Trinajstić information content (AvgIpc) is 3.27. The summed E-state index contributed by atoms with van der Waals surface area (Å²) < 4.78 is 6.12. The van der Waals surface area contributed by atoms with Gasteiger partial charge in [0.25, 0.3) is 0 Å². The quantitative estimate of drug-likeness (QED) is 0.294. The number of benzene rings is 2. The third kappa shape index (κ3) is 5.54. The van der Waals surface area contributed by atoms with Crippen molar-refractivity contribution in [1.29, 1.82) is 0 Å². The molecule has 7 nitrogen and oxygen atoms in total. The van der Waals surface area contributed by atoms with Crippen LogP contribution in [-0.2, 0) is 17.9 Å². The second-order valence-electron chi connectivity index (χ2n) is 7.09. The van der Waals surface area contributed by atoms with E-state index in [1.54, 1.807) is 18.4 Å². The lowest BCUT2D eigenvalue weighted by Crippen LogP contribution is -2.24. The van der Waals surface area contributed by atoms with Gasteiger partial charge in [-0.3, -0.25) is 4.79 Å². The van der Waals surface area contributed by atoms with Crippen LogP contribution in [0, 0.1) is 0 Å². The molecule has 0 aliphatic rings. The van der Waals surface area contributed by atoms with Gasteiger partial charge in [0, 0.05) is 20.1 Å². The molecule has 0 spiro atoms. The Morgan fingerprint density at radius 2 is 1.94 bits per heavy atom. The van der Waals surface area contributed by atoms with Gasteiger partial charge >= 0.3 is 0 Å². The minimum Gasteiger partial charge on any atom is -0.497 e. The Kier molecular flexibility index (Phi) is 7.18. The molecule has 0 saturated carbocycles. The number of anilines is 1. The van der Waals surface area contributed by atoms with Gasteiger partial charge < -0.3 is 15.0 Å². The Morgan fingerprint density at radius 3 is 2.75 bits per heavy atom. The van der Waals surface area contributed by atoms with Crippen LogP contribution in [0.25, 0.3) is 10.3 Å². The molecular weight excluding hydrogens is 442 g/mol. The van der Waals surface area contributed by atoms with Gasteiger partial charge in [-0.25, -0.2) is 9.97 Å². The Morgan fingerprint density at radius 1 is 1.12 bits per heavy atom. The van der Waals surface area contributed by atoms with E-state index in [0.717, 1.165) is 32.7 Å². The minimum atomic E-state index is -0.0597. The lowest BCUT2D eigenvalue weighted by Gasteiger charge is -2.15. The predicted molar refractivity (Wildman–Crippen MR) is 129 cm³/mol. The molecule has 1 N–H and O–H groups in total. The first-order valence-electron chi connectivity index (χ1n) is 10.0. The van der Waals surface area contributed by atoms with Gasteiger partial charge in [0.05, 0.1) is 12.9 Å². The zero-order valence-corrected chi connectivity index (χ0v) is 19.4. The lowest BCUT2D eigenvalue weighted by atomic mass is 10.2. The minimum absolute atomic E-state index is 0.0597. The van der Waals surface area contributed by atoms with Gasteiger partial charge in [0.15, 0.2) is 10.8 Å². The molecule has 9 heteroatoms. The fraction of sp³-hybridized carbons (Fsp3) is 0.217. The molecule has 0 unspecified atom stereocenters. The SMILES string of the molecule is COc1cccc(CNC(=O)CSc2ncnc3nc(N(C)Cc4ccccc4)sc23)c1. The molecule has 2 aromatic heterocycles. The number of amides is 1. The van der Waals surface area contributed by atoms with Crippen LogP contribution in [0.4, 0.5) is 5.13 Å². The van der Waals surface area contributed by atoms with Gasteiger partial charge in [-0.2, -0.15) is 4.98 Å². The van der Waals surface area contributed by atoms with Crippen molar-refractivity contribution in [3.63, 3.8) is 0 Å². The normalized spacial score (nSPS) is 10.8. The summed E-state index contributed by atoms with van der Waals surface area (Å²) in [4.78, 5) is 27.8. The zero-order chi connectivity index (χ0) is 22.3. The fourth-order valence-electron chi connectivity index (χ4n) is 3.08.